The maximum absolute atomic E-state index is 14.8. The number of nitrogens with zero attached hydrogens (tertiary/aromatic N) is 5. The fraction of sp³-hybridized carbons (Fsp3) is 0.273. The maximum atomic E-state index is 14.8. The molecule has 0 bridgehead atoms. The number of anilines is 1. The van der Waals surface area contributed by atoms with Gasteiger partial charge in [-0.1, -0.05) is 0 Å². The van der Waals surface area contributed by atoms with E-state index in [1.165, 1.54) is 25.0 Å². The quantitative estimate of drug-likeness (QED) is 0.177. The largest absolute Gasteiger partial charge is 0.492 e. The predicted molar refractivity (Wildman–Crippen MR) is 168 cm³/mol. The minimum Gasteiger partial charge on any atom is -0.492 e. The van der Waals surface area contributed by atoms with Crippen molar-refractivity contribution in [2.24, 2.45) is 0 Å². The van der Waals surface area contributed by atoms with Crippen molar-refractivity contribution in [1.29, 1.82) is 0 Å². The lowest BCUT2D eigenvalue weighted by Gasteiger charge is -2.15. The molecule has 6 heterocycles. The van der Waals surface area contributed by atoms with Gasteiger partial charge in [-0.25, -0.2) is 14.4 Å². The van der Waals surface area contributed by atoms with Gasteiger partial charge < -0.3 is 15.0 Å². The Kier molecular flexibility index (Phi) is 7.20. The fourth-order valence-corrected chi connectivity index (χ4v) is 5.79. The Morgan fingerprint density at radius 2 is 1.81 bits per heavy atom. The number of likely N-dealkylation sites (tertiary alicyclic amines) is 1. The SMILES string of the molecule is CC(C)Nc1cncc(-c2cnc3n[nH]c(-c4cc5c(-c6cc(F)cc(OCCN7CCCC7)c6)ccnc5[nH]4)c3c2)c1. The molecule has 1 saturated heterocycles. The van der Waals surface area contributed by atoms with Crippen molar-refractivity contribution >= 4 is 27.8 Å². The Morgan fingerprint density at radius 3 is 2.67 bits per heavy atom. The van der Waals surface area contributed by atoms with Gasteiger partial charge in [0.15, 0.2) is 5.65 Å². The molecule has 0 atom stereocenters. The van der Waals surface area contributed by atoms with Crippen LogP contribution in [0.5, 0.6) is 5.75 Å². The molecule has 43 heavy (non-hydrogen) atoms. The number of fused-ring (bicyclic) bond motifs is 2. The third kappa shape index (κ3) is 5.65. The van der Waals surface area contributed by atoms with E-state index in [4.69, 9.17) is 4.74 Å². The zero-order chi connectivity index (χ0) is 29.3. The molecule has 5 aromatic heterocycles. The summed E-state index contributed by atoms with van der Waals surface area (Å²) in [5.74, 6) is 0.185. The van der Waals surface area contributed by atoms with E-state index in [1.807, 2.05) is 36.8 Å². The Balaban J connectivity index is 1.21. The molecule has 3 N–H and O–H groups in total. The van der Waals surface area contributed by atoms with E-state index in [9.17, 15) is 4.39 Å². The first-order valence-electron chi connectivity index (χ1n) is 14.7. The maximum Gasteiger partial charge on any atom is 0.181 e. The zero-order valence-corrected chi connectivity index (χ0v) is 24.2. The minimum absolute atomic E-state index is 0.296. The van der Waals surface area contributed by atoms with Gasteiger partial charge in [0, 0.05) is 65.3 Å². The first-order chi connectivity index (χ1) is 21.0. The van der Waals surface area contributed by atoms with Gasteiger partial charge in [0.2, 0.25) is 0 Å². The molecule has 1 fully saturated rings. The molecule has 7 rings (SSSR count). The molecule has 1 aliphatic rings. The molecule has 9 nitrogen and oxygen atoms in total. The van der Waals surface area contributed by atoms with Crippen molar-refractivity contribution in [2.45, 2.75) is 32.7 Å². The van der Waals surface area contributed by atoms with Crippen LogP contribution in [0.15, 0.2) is 67.3 Å². The summed E-state index contributed by atoms with van der Waals surface area (Å²) < 4.78 is 20.7. The average molecular weight is 577 g/mol. The topological polar surface area (TPSA) is 108 Å². The summed E-state index contributed by atoms with van der Waals surface area (Å²) in [5, 5.41) is 12.7. The Labute approximate surface area is 248 Å². The van der Waals surface area contributed by atoms with Crippen LogP contribution in [0, 0.1) is 5.82 Å². The summed E-state index contributed by atoms with van der Waals surface area (Å²) >= 11 is 0. The lowest BCUT2D eigenvalue weighted by atomic mass is 10.0. The number of ether oxygens (including phenoxy) is 1. The monoisotopic (exact) mass is 576 g/mol. The van der Waals surface area contributed by atoms with Gasteiger partial charge in [0.1, 0.15) is 23.8 Å². The van der Waals surface area contributed by atoms with Crippen molar-refractivity contribution < 1.29 is 9.13 Å². The molecule has 1 aliphatic heterocycles. The van der Waals surface area contributed by atoms with Crippen LogP contribution in [0.3, 0.4) is 0 Å². The minimum atomic E-state index is -0.338. The molecule has 0 aliphatic carbocycles. The van der Waals surface area contributed by atoms with E-state index in [2.05, 4.69) is 66.3 Å². The van der Waals surface area contributed by atoms with Crippen LogP contribution >= 0.6 is 0 Å². The molecule has 10 heteroatoms. The highest BCUT2D eigenvalue weighted by Crippen LogP contribution is 2.35. The third-order valence-electron chi connectivity index (χ3n) is 7.79. The predicted octanol–water partition coefficient (Wildman–Crippen LogP) is 6.66. The number of benzene rings is 1. The van der Waals surface area contributed by atoms with Crippen LogP contribution in [0.1, 0.15) is 26.7 Å². The van der Waals surface area contributed by atoms with Crippen molar-refractivity contribution in [1.82, 2.24) is 35.0 Å². The molecular formula is C33H33FN8O. The highest BCUT2D eigenvalue weighted by atomic mass is 19.1. The highest BCUT2D eigenvalue weighted by Gasteiger charge is 2.17. The zero-order valence-electron chi connectivity index (χ0n) is 24.2. The first kappa shape index (κ1) is 27.0. The van der Waals surface area contributed by atoms with Crippen LogP contribution in [-0.4, -0.2) is 67.3 Å². The summed E-state index contributed by atoms with van der Waals surface area (Å²) in [4.78, 5) is 19.4. The summed E-state index contributed by atoms with van der Waals surface area (Å²) in [6.45, 7) is 7.77. The number of hydrogen-bond donors (Lipinski definition) is 3. The lowest BCUT2D eigenvalue weighted by Crippen LogP contribution is -2.25. The van der Waals surface area contributed by atoms with Gasteiger partial charge >= 0.3 is 0 Å². The van der Waals surface area contributed by atoms with Crippen LogP contribution in [0.2, 0.25) is 0 Å². The Hall–Kier alpha value is -4.83. The van der Waals surface area contributed by atoms with E-state index in [1.54, 1.807) is 6.20 Å². The van der Waals surface area contributed by atoms with Gasteiger partial charge in [-0.05, 0) is 87.3 Å². The van der Waals surface area contributed by atoms with E-state index in [-0.39, 0.29) is 5.82 Å². The first-order valence-corrected chi connectivity index (χ1v) is 14.7. The van der Waals surface area contributed by atoms with Gasteiger partial charge in [0.05, 0.1) is 17.1 Å². The molecule has 218 valence electrons. The van der Waals surface area contributed by atoms with Gasteiger partial charge in [-0.2, -0.15) is 5.10 Å². The molecule has 0 unspecified atom stereocenters. The summed E-state index contributed by atoms with van der Waals surface area (Å²) in [7, 11) is 0. The molecule has 0 amide bonds. The second kappa shape index (κ2) is 11.4. The van der Waals surface area contributed by atoms with Gasteiger partial charge in [0.25, 0.3) is 0 Å². The molecule has 6 aromatic rings. The van der Waals surface area contributed by atoms with Crippen molar-refractivity contribution in [3.63, 3.8) is 0 Å². The number of hydrogen-bond acceptors (Lipinski definition) is 7. The summed E-state index contributed by atoms with van der Waals surface area (Å²) in [6.07, 6.45) is 9.64. The number of rotatable bonds is 9. The number of nitrogens with one attached hydrogen (secondary N) is 3. The molecule has 0 radical (unpaired) electrons. The summed E-state index contributed by atoms with van der Waals surface area (Å²) in [6, 6.07) is 13.2. The smallest absolute Gasteiger partial charge is 0.181 e. The van der Waals surface area contributed by atoms with Crippen molar-refractivity contribution in [3.8, 4) is 39.4 Å². The van der Waals surface area contributed by atoms with Crippen molar-refractivity contribution in [3.05, 3.63) is 73.1 Å². The van der Waals surface area contributed by atoms with Crippen LogP contribution in [0.4, 0.5) is 10.1 Å². The Morgan fingerprint density at radius 1 is 0.953 bits per heavy atom. The van der Waals surface area contributed by atoms with E-state index in [0.29, 0.717) is 29.7 Å². The van der Waals surface area contributed by atoms with E-state index >= 15 is 0 Å². The van der Waals surface area contributed by atoms with E-state index < -0.39 is 0 Å². The number of pyridine rings is 3. The molecule has 0 spiro atoms. The molecule has 0 saturated carbocycles. The average Bonchev–Trinajstić information content (AvgIpc) is 3.76. The normalized spacial score (nSPS) is 13.9. The highest BCUT2D eigenvalue weighted by molar-refractivity contribution is 6.00. The fourth-order valence-electron chi connectivity index (χ4n) is 5.79. The number of H-pyrrole nitrogens is 2. The molecular weight excluding hydrogens is 543 g/mol. The third-order valence-corrected chi connectivity index (χ3v) is 7.79. The molecule has 1 aromatic carbocycles. The van der Waals surface area contributed by atoms with Gasteiger partial charge in [-0.15, -0.1) is 0 Å². The van der Waals surface area contributed by atoms with Gasteiger partial charge in [-0.3, -0.25) is 15.0 Å². The second-order valence-electron chi connectivity index (χ2n) is 11.3. The standard InChI is InChI=1S/C33H33FN8O/c1-20(2)38-25-12-22(17-35-19-25)23-14-29-31(40-41-33(29)37-18-23)30-16-28-27(5-6-36-32(28)39-30)21-11-24(34)15-26(13-21)43-10-9-42-7-3-4-8-42/h5-6,11-20,38H,3-4,7-10H2,1-2H3,(H,36,39)(H,37,40,41). The van der Waals surface area contributed by atoms with Crippen LogP contribution < -0.4 is 10.1 Å². The Bertz CT molecular complexity index is 1910. The van der Waals surface area contributed by atoms with Crippen LogP contribution in [-0.2, 0) is 0 Å². The second-order valence-corrected chi connectivity index (χ2v) is 11.3. The number of aromatic amines is 2. The summed E-state index contributed by atoms with van der Waals surface area (Å²) in [5.41, 5.74) is 7.33. The van der Waals surface area contributed by atoms with Crippen LogP contribution in [0.25, 0.3) is 55.7 Å². The number of aromatic nitrogens is 6. The van der Waals surface area contributed by atoms with Crippen molar-refractivity contribution in [2.75, 3.05) is 31.6 Å². The lowest BCUT2D eigenvalue weighted by molar-refractivity contribution is 0.237. The number of halogens is 1. The van der Waals surface area contributed by atoms with E-state index in [0.717, 1.165) is 69.7 Å².